The molecule has 1 aromatic heterocycles. The van der Waals surface area contributed by atoms with Crippen LogP contribution in [0.25, 0.3) is 0 Å². The maximum Gasteiger partial charge on any atom is 0.227 e. The molecule has 4 heteroatoms. The molecule has 3 nitrogen and oxygen atoms in total. The molecule has 1 N–H and O–H groups in total. The zero-order chi connectivity index (χ0) is 11.4. The van der Waals surface area contributed by atoms with Gasteiger partial charge in [0, 0.05) is 24.0 Å². The molecule has 16 heavy (non-hydrogen) atoms. The van der Waals surface area contributed by atoms with Gasteiger partial charge in [0.25, 0.3) is 0 Å². The number of benzene rings is 1. The van der Waals surface area contributed by atoms with E-state index in [0.29, 0.717) is 11.8 Å². The van der Waals surface area contributed by atoms with Gasteiger partial charge >= 0.3 is 0 Å². The normalized spacial score (nSPS) is 10.1. The van der Waals surface area contributed by atoms with Crippen molar-refractivity contribution in [3.8, 4) is 0 Å². The lowest BCUT2D eigenvalue weighted by atomic mass is 10.2. The van der Waals surface area contributed by atoms with Crippen LogP contribution in [0.3, 0.4) is 0 Å². The molecule has 0 unspecified atom stereocenters. The van der Waals surface area contributed by atoms with Gasteiger partial charge in [-0.15, -0.1) is 11.6 Å². The van der Waals surface area contributed by atoms with E-state index in [2.05, 4.69) is 15.3 Å². The van der Waals surface area contributed by atoms with Gasteiger partial charge in [0.2, 0.25) is 5.95 Å². The number of rotatable bonds is 3. The summed E-state index contributed by atoms with van der Waals surface area (Å²) in [6, 6.07) is 7.84. The fourth-order valence-electron chi connectivity index (χ4n) is 1.34. The topological polar surface area (TPSA) is 37.8 Å². The van der Waals surface area contributed by atoms with E-state index < -0.39 is 0 Å². The van der Waals surface area contributed by atoms with Crippen molar-refractivity contribution in [1.82, 2.24) is 9.97 Å². The third kappa shape index (κ3) is 2.49. The van der Waals surface area contributed by atoms with Gasteiger partial charge in [-0.2, -0.15) is 0 Å². The molecule has 0 spiro atoms. The number of aryl methyl sites for hydroxylation is 1. The molecule has 2 aromatic rings. The Morgan fingerprint density at radius 1 is 1.19 bits per heavy atom. The number of hydrogen-bond donors (Lipinski definition) is 1. The van der Waals surface area contributed by atoms with E-state index in [0.717, 1.165) is 16.8 Å². The lowest BCUT2D eigenvalue weighted by Crippen LogP contribution is -1.99. The van der Waals surface area contributed by atoms with Crippen LogP contribution in [0, 0.1) is 6.92 Å². The van der Waals surface area contributed by atoms with Gasteiger partial charge in [0.1, 0.15) is 0 Å². The van der Waals surface area contributed by atoms with Gasteiger partial charge in [-0.1, -0.05) is 18.2 Å². The van der Waals surface area contributed by atoms with E-state index >= 15 is 0 Å². The molecule has 2 rings (SSSR count). The molecule has 0 aliphatic carbocycles. The molecule has 0 amide bonds. The molecule has 0 fully saturated rings. The van der Waals surface area contributed by atoms with Crippen molar-refractivity contribution < 1.29 is 0 Å². The van der Waals surface area contributed by atoms with Crippen molar-refractivity contribution >= 4 is 23.2 Å². The molecule has 0 bridgehead atoms. The van der Waals surface area contributed by atoms with Crippen molar-refractivity contribution in [2.75, 3.05) is 5.32 Å². The number of anilines is 2. The van der Waals surface area contributed by atoms with Gasteiger partial charge in [0.15, 0.2) is 0 Å². The highest BCUT2D eigenvalue weighted by atomic mass is 35.5. The van der Waals surface area contributed by atoms with Crippen LogP contribution in [-0.4, -0.2) is 9.97 Å². The summed E-state index contributed by atoms with van der Waals surface area (Å²) in [5.41, 5.74) is 3.02. The predicted octanol–water partition coefficient (Wildman–Crippen LogP) is 3.27. The lowest BCUT2D eigenvalue weighted by Gasteiger charge is -2.08. The van der Waals surface area contributed by atoms with Gasteiger partial charge in [0.05, 0.1) is 0 Å². The van der Waals surface area contributed by atoms with Crippen molar-refractivity contribution in [2.24, 2.45) is 0 Å². The zero-order valence-corrected chi connectivity index (χ0v) is 9.70. The number of hydrogen-bond acceptors (Lipinski definition) is 3. The second-order valence-corrected chi connectivity index (χ2v) is 3.77. The number of halogens is 1. The minimum atomic E-state index is 0.467. The zero-order valence-electron chi connectivity index (χ0n) is 8.94. The van der Waals surface area contributed by atoms with Crippen LogP contribution in [-0.2, 0) is 5.88 Å². The van der Waals surface area contributed by atoms with E-state index in [9.17, 15) is 0 Å². The fourth-order valence-corrected chi connectivity index (χ4v) is 1.57. The Labute approximate surface area is 99.5 Å². The Morgan fingerprint density at radius 3 is 2.56 bits per heavy atom. The van der Waals surface area contributed by atoms with Gasteiger partial charge < -0.3 is 5.32 Å². The highest BCUT2D eigenvalue weighted by Gasteiger charge is 2.01. The summed E-state index contributed by atoms with van der Waals surface area (Å²) in [6.07, 6.45) is 3.55. The van der Waals surface area contributed by atoms with Gasteiger partial charge in [-0.3, -0.25) is 0 Å². The molecule has 0 saturated heterocycles. The Hall–Kier alpha value is -1.61. The van der Waals surface area contributed by atoms with E-state index in [-0.39, 0.29) is 0 Å². The average molecular weight is 234 g/mol. The highest BCUT2D eigenvalue weighted by molar-refractivity contribution is 6.17. The molecule has 0 saturated carbocycles. The molecule has 0 aliphatic rings. The van der Waals surface area contributed by atoms with Crippen molar-refractivity contribution in [3.63, 3.8) is 0 Å². The first kappa shape index (κ1) is 10.9. The number of nitrogens with zero attached hydrogens (tertiary/aromatic N) is 2. The Bertz CT molecular complexity index is 468. The third-order valence-corrected chi connectivity index (χ3v) is 2.48. The number of aromatic nitrogens is 2. The van der Waals surface area contributed by atoms with Crippen LogP contribution in [0.5, 0.6) is 0 Å². The maximum absolute atomic E-state index is 5.84. The summed E-state index contributed by atoms with van der Waals surface area (Å²) in [7, 11) is 0. The summed E-state index contributed by atoms with van der Waals surface area (Å²) in [4.78, 5) is 8.37. The summed E-state index contributed by atoms with van der Waals surface area (Å²) in [5, 5.41) is 3.14. The Morgan fingerprint density at radius 2 is 1.88 bits per heavy atom. The molecule has 82 valence electrons. The quantitative estimate of drug-likeness (QED) is 0.827. The standard InChI is InChI=1S/C12H12ClN3/c1-9-7-14-12(15-8-9)16-11-5-3-2-4-10(11)6-13/h2-5,7-8H,6H2,1H3,(H,14,15,16). The summed E-state index contributed by atoms with van der Waals surface area (Å²) in [5.74, 6) is 1.05. The summed E-state index contributed by atoms with van der Waals surface area (Å²) in [6.45, 7) is 1.95. The van der Waals surface area contributed by atoms with Crippen LogP contribution in [0.4, 0.5) is 11.6 Å². The van der Waals surface area contributed by atoms with Crippen LogP contribution in [0.15, 0.2) is 36.7 Å². The SMILES string of the molecule is Cc1cnc(Nc2ccccc2CCl)nc1. The first-order valence-electron chi connectivity index (χ1n) is 4.99. The van der Waals surface area contributed by atoms with Crippen LogP contribution in [0.2, 0.25) is 0 Å². The summed E-state index contributed by atoms with van der Waals surface area (Å²) < 4.78 is 0. The number of alkyl halides is 1. The van der Waals surface area contributed by atoms with E-state index in [1.807, 2.05) is 31.2 Å². The average Bonchev–Trinajstić information content (AvgIpc) is 2.33. The van der Waals surface area contributed by atoms with E-state index in [1.54, 1.807) is 12.4 Å². The molecule has 0 atom stereocenters. The second-order valence-electron chi connectivity index (χ2n) is 3.50. The Kier molecular flexibility index (Phi) is 3.37. The van der Waals surface area contributed by atoms with Crippen molar-refractivity contribution in [2.45, 2.75) is 12.8 Å². The second kappa shape index (κ2) is 4.94. The minimum absolute atomic E-state index is 0.467. The van der Waals surface area contributed by atoms with Crippen molar-refractivity contribution in [1.29, 1.82) is 0 Å². The first-order valence-corrected chi connectivity index (χ1v) is 5.52. The van der Waals surface area contributed by atoms with E-state index in [1.165, 1.54) is 0 Å². The highest BCUT2D eigenvalue weighted by Crippen LogP contribution is 2.19. The number of para-hydroxylation sites is 1. The Balaban J connectivity index is 2.23. The van der Waals surface area contributed by atoms with Gasteiger partial charge in [-0.25, -0.2) is 9.97 Å². The third-order valence-electron chi connectivity index (χ3n) is 2.19. The first-order chi connectivity index (χ1) is 7.79. The predicted molar refractivity (Wildman–Crippen MR) is 66.1 cm³/mol. The van der Waals surface area contributed by atoms with Crippen LogP contribution < -0.4 is 5.32 Å². The van der Waals surface area contributed by atoms with E-state index in [4.69, 9.17) is 11.6 Å². The fraction of sp³-hybridized carbons (Fsp3) is 0.167. The largest absolute Gasteiger partial charge is 0.324 e. The minimum Gasteiger partial charge on any atom is -0.324 e. The molecule has 0 radical (unpaired) electrons. The van der Waals surface area contributed by atoms with Crippen LogP contribution in [0.1, 0.15) is 11.1 Å². The van der Waals surface area contributed by atoms with Gasteiger partial charge in [-0.05, 0) is 24.1 Å². The monoisotopic (exact) mass is 233 g/mol. The maximum atomic E-state index is 5.84. The van der Waals surface area contributed by atoms with Crippen molar-refractivity contribution in [3.05, 3.63) is 47.8 Å². The van der Waals surface area contributed by atoms with Crippen LogP contribution >= 0.6 is 11.6 Å². The smallest absolute Gasteiger partial charge is 0.227 e. The molecular formula is C12H12ClN3. The molecule has 0 aliphatic heterocycles. The molecule has 1 aromatic carbocycles. The lowest BCUT2D eigenvalue weighted by molar-refractivity contribution is 1.13. The summed E-state index contributed by atoms with van der Waals surface area (Å²) >= 11 is 5.84. The molecular weight excluding hydrogens is 222 g/mol. The number of nitrogens with one attached hydrogen (secondary N) is 1. The molecule has 1 heterocycles.